The number of ether oxygens (including phenoxy) is 3. The Morgan fingerprint density at radius 2 is 2.00 bits per heavy atom. The molecule has 186 valence electrons. The number of allylic oxidation sites excluding steroid dienone is 1. The van der Waals surface area contributed by atoms with Gasteiger partial charge in [0.25, 0.3) is 0 Å². The third kappa shape index (κ3) is 5.06. The number of nitrogens with zero attached hydrogens (tertiary/aromatic N) is 2. The van der Waals surface area contributed by atoms with E-state index < -0.39 is 11.8 Å². The summed E-state index contributed by atoms with van der Waals surface area (Å²) in [6, 6.07) is 14.7. The Labute approximate surface area is 212 Å². The normalized spacial score (nSPS) is 14.2. The molecule has 0 radical (unpaired) electrons. The number of hydrogen-bond donors (Lipinski definition) is 2. The highest BCUT2D eigenvalue weighted by molar-refractivity contribution is 6.26. The Kier molecular flexibility index (Phi) is 6.67. The van der Waals surface area contributed by atoms with Crippen molar-refractivity contribution in [2.75, 3.05) is 11.9 Å². The number of carbonyl (C=O) groups is 2. The highest BCUT2D eigenvalue weighted by Crippen LogP contribution is 2.32. The van der Waals surface area contributed by atoms with Crippen molar-refractivity contribution in [3.05, 3.63) is 101 Å². The smallest absolute Gasteiger partial charge is 0.347 e. The van der Waals surface area contributed by atoms with E-state index in [1.807, 2.05) is 37.3 Å². The van der Waals surface area contributed by atoms with Gasteiger partial charge < -0.3 is 24.5 Å². The predicted octanol–water partition coefficient (Wildman–Crippen LogP) is 4.67. The molecule has 9 nitrogen and oxygen atoms in total. The van der Waals surface area contributed by atoms with Gasteiger partial charge in [-0.05, 0) is 68.0 Å². The molecule has 1 aromatic carbocycles. The molecule has 5 rings (SSSR count). The second kappa shape index (κ2) is 10.4. The molecule has 0 fully saturated rings. The summed E-state index contributed by atoms with van der Waals surface area (Å²) in [5.74, 6) is -0.648. The summed E-state index contributed by atoms with van der Waals surface area (Å²) in [6.07, 6.45) is 6.70. The molecule has 0 aliphatic carbocycles. The van der Waals surface area contributed by atoms with Gasteiger partial charge in [-0.25, -0.2) is 9.78 Å². The summed E-state index contributed by atoms with van der Waals surface area (Å²) < 4.78 is 16.8. The zero-order chi connectivity index (χ0) is 25.8. The Bertz CT molecular complexity index is 1540. The van der Waals surface area contributed by atoms with Crippen LogP contribution < -0.4 is 10.1 Å². The molecule has 0 unspecified atom stereocenters. The fourth-order valence-corrected chi connectivity index (χ4v) is 3.87. The van der Waals surface area contributed by atoms with E-state index in [4.69, 9.17) is 14.2 Å². The second-order valence-corrected chi connectivity index (χ2v) is 8.22. The number of anilines is 1. The lowest BCUT2D eigenvalue weighted by Gasteiger charge is -2.13. The number of hydrogen-bond acceptors (Lipinski definition) is 8. The van der Waals surface area contributed by atoms with E-state index in [1.165, 1.54) is 0 Å². The first-order chi connectivity index (χ1) is 18.0. The van der Waals surface area contributed by atoms with Crippen LogP contribution in [0.4, 0.5) is 5.69 Å². The van der Waals surface area contributed by atoms with Crippen molar-refractivity contribution in [3.8, 4) is 5.75 Å². The molecule has 0 spiro atoms. The molecule has 4 aromatic rings. The summed E-state index contributed by atoms with van der Waals surface area (Å²) in [5, 5.41) is 3.91. The van der Waals surface area contributed by atoms with Gasteiger partial charge in [-0.3, -0.25) is 9.78 Å². The number of aromatic amines is 1. The number of H-pyrrole nitrogens is 1. The number of nitrogens with one attached hydrogen (secondary N) is 2. The molecule has 0 atom stereocenters. The molecule has 0 saturated heterocycles. The molecular weight excluding hydrogens is 472 g/mol. The number of aromatic nitrogens is 3. The van der Waals surface area contributed by atoms with E-state index in [2.05, 4.69) is 20.3 Å². The standard InChI is InChI=1S/C28H24N4O5/c1-3-35-28(34)24-25(33)23(14-18-15-31-26-21(18)8-6-12-30-26)37-27(24)32-22-10-9-20(13-17(22)2)36-16-19-7-4-5-11-29-19/h4-15,32H,3,16H2,1-2H3,(H,30,31)/b23-14-. The quantitative estimate of drug-likeness (QED) is 0.205. The second-order valence-electron chi connectivity index (χ2n) is 8.22. The summed E-state index contributed by atoms with van der Waals surface area (Å²) >= 11 is 0. The Hall–Kier alpha value is -4.92. The minimum absolute atomic E-state index is 0.00303. The Morgan fingerprint density at radius 3 is 2.78 bits per heavy atom. The van der Waals surface area contributed by atoms with Crippen LogP contribution in [0.2, 0.25) is 0 Å². The van der Waals surface area contributed by atoms with Crippen LogP contribution in [0.1, 0.15) is 23.7 Å². The molecule has 1 aliphatic rings. The van der Waals surface area contributed by atoms with Crippen LogP contribution in [0.15, 0.2) is 84.3 Å². The lowest BCUT2D eigenvalue weighted by molar-refractivity contribution is -0.139. The number of aryl methyl sites for hydroxylation is 1. The molecule has 37 heavy (non-hydrogen) atoms. The van der Waals surface area contributed by atoms with Gasteiger partial charge in [0, 0.05) is 35.2 Å². The Morgan fingerprint density at radius 1 is 1.14 bits per heavy atom. The van der Waals surface area contributed by atoms with Crippen LogP contribution in [0.3, 0.4) is 0 Å². The van der Waals surface area contributed by atoms with Crippen molar-refractivity contribution >= 4 is 34.5 Å². The van der Waals surface area contributed by atoms with E-state index in [-0.39, 0.29) is 23.8 Å². The van der Waals surface area contributed by atoms with Crippen LogP contribution in [0, 0.1) is 6.92 Å². The average molecular weight is 497 g/mol. The van der Waals surface area contributed by atoms with Crippen molar-refractivity contribution in [1.82, 2.24) is 15.0 Å². The van der Waals surface area contributed by atoms with Gasteiger partial charge in [-0.1, -0.05) is 6.07 Å². The van der Waals surface area contributed by atoms with Crippen LogP contribution in [0.5, 0.6) is 5.75 Å². The zero-order valence-electron chi connectivity index (χ0n) is 20.3. The van der Waals surface area contributed by atoms with Gasteiger partial charge in [-0.15, -0.1) is 0 Å². The predicted molar refractivity (Wildman–Crippen MR) is 137 cm³/mol. The van der Waals surface area contributed by atoms with Crippen LogP contribution in [-0.2, 0) is 25.7 Å². The Balaban J connectivity index is 1.39. The summed E-state index contributed by atoms with van der Waals surface area (Å²) in [7, 11) is 0. The number of ketones is 1. The lowest BCUT2D eigenvalue weighted by Crippen LogP contribution is -2.16. The minimum atomic E-state index is -0.757. The first-order valence-corrected chi connectivity index (χ1v) is 11.7. The fraction of sp³-hybridized carbons (Fsp3) is 0.143. The summed E-state index contributed by atoms with van der Waals surface area (Å²) in [5.41, 5.74) is 3.48. The number of benzene rings is 1. The van der Waals surface area contributed by atoms with E-state index >= 15 is 0 Å². The number of fused-ring (bicyclic) bond motifs is 1. The summed E-state index contributed by atoms with van der Waals surface area (Å²) in [4.78, 5) is 37.5. The third-order valence-corrected chi connectivity index (χ3v) is 5.70. The zero-order valence-corrected chi connectivity index (χ0v) is 20.3. The SMILES string of the molecule is CCOC(=O)C1=C(Nc2ccc(OCc3ccccn3)cc2C)O/C(=C\c2c[nH]c3ncccc23)C1=O. The van der Waals surface area contributed by atoms with E-state index in [1.54, 1.807) is 49.8 Å². The monoisotopic (exact) mass is 496 g/mol. The van der Waals surface area contributed by atoms with Crippen molar-refractivity contribution in [2.24, 2.45) is 0 Å². The van der Waals surface area contributed by atoms with Crippen molar-refractivity contribution in [2.45, 2.75) is 20.5 Å². The van der Waals surface area contributed by atoms with Gasteiger partial charge >= 0.3 is 5.97 Å². The number of rotatable bonds is 8. The van der Waals surface area contributed by atoms with Gasteiger partial charge in [-0.2, -0.15) is 0 Å². The van der Waals surface area contributed by atoms with Crippen LogP contribution >= 0.6 is 0 Å². The van der Waals surface area contributed by atoms with Crippen molar-refractivity contribution in [3.63, 3.8) is 0 Å². The van der Waals surface area contributed by atoms with Crippen LogP contribution in [0.25, 0.3) is 17.1 Å². The maximum Gasteiger partial charge on any atom is 0.347 e. The highest BCUT2D eigenvalue weighted by atomic mass is 16.5. The molecule has 2 N–H and O–H groups in total. The fourth-order valence-electron chi connectivity index (χ4n) is 3.87. The van der Waals surface area contributed by atoms with Crippen molar-refractivity contribution in [1.29, 1.82) is 0 Å². The first-order valence-electron chi connectivity index (χ1n) is 11.7. The number of Topliss-reactive ketones (excluding diaryl/α,β-unsaturated/α-hetero) is 1. The van der Waals surface area contributed by atoms with E-state index in [0.717, 1.165) is 16.6 Å². The van der Waals surface area contributed by atoms with Gasteiger partial charge in [0.1, 0.15) is 18.0 Å². The number of esters is 1. The third-order valence-electron chi connectivity index (χ3n) is 5.70. The molecule has 3 aromatic heterocycles. The molecule has 0 amide bonds. The highest BCUT2D eigenvalue weighted by Gasteiger charge is 2.37. The maximum absolute atomic E-state index is 13.2. The van der Waals surface area contributed by atoms with Gasteiger partial charge in [0.2, 0.25) is 11.7 Å². The lowest BCUT2D eigenvalue weighted by atomic mass is 10.1. The molecule has 0 bridgehead atoms. The first kappa shape index (κ1) is 23.8. The van der Waals surface area contributed by atoms with Crippen LogP contribution in [-0.4, -0.2) is 33.3 Å². The molecule has 0 saturated carbocycles. The van der Waals surface area contributed by atoms with Crippen molar-refractivity contribution < 1.29 is 23.8 Å². The minimum Gasteiger partial charge on any atom is -0.487 e. The summed E-state index contributed by atoms with van der Waals surface area (Å²) in [6.45, 7) is 4.01. The largest absolute Gasteiger partial charge is 0.487 e. The molecule has 9 heteroatoms. The molecule has 1 aliphatic heterocycles. The average Bonchev–Trinajstić information content (AvgIpc) is 3.45. The molecule has 4 heterocycles. The molecular formula is C28H24N4O5. The van der Waals surface area contributed by atoms with Gasteiger partial charge in [0.15, 0.2) is 11.3 Å². The van der Waals surface area contributed by atoms with E-state index in [9.17, 15) is 9.59 Å². The maximum atomic E-state index is 13.2. The van der Waals surface area contributed by atoms with Gasteiger partial charge in [0.05, 0.1) is 12.3 Å². The number of carbonyl (C=O) groups excluding carboxylic acids is 2. The number of pyridine rings is 2. The topological polar surface area (TPSA) is 115 Å². The van der Waals surface area contributed by atoms with E-state index in [0.29, 0.717) is 29.3 Å².